The van der Waals surface area contributed by atoms with E-state index < -0.39 is 0 Å². The Morgan fingerprint density at radius 1 is 1.50 bits per heavy atom. The summed E-state index contributed by atoms with van der Waals surface area (Å²) in [6.07, 6.45) is 0.953. The molecule has 2 aromatic heterocycles. The second kappa shape index (κ2) is 5.87. The van der Waals surface area contributed by atoms with Crippen LogP contribution in [0.25, 0.3) is 0 Å². The molecule has 2 aromatic rings. The lowest BCUT2D eigenvalue weighted by atomic mass is 10.1. The highest BCUT2D eigenvalue weighted by Crippen LogP contribution is 2.33. The summed E-state index contributed by atoms with van der Waals surface area (Å²) in [5.74, 6) is 0. The lowest BCUT2D eigenvalue weighted by Crippen LogP contribution is -2.20. The maximum absolute atomic E-state index is 6.24. The number of halogens is 1. The number of nitrogens with one attached hydrogen (secondary N) is 1. The van der Waals surface area contributed by atoms with Crippen molar-refractivity contribution in [1.82, 2.24) is 15.1 Å². The summed E-state index contributed by atoms with van der Waals surface area (Å²) in [5.41, 5.74) is 2.31. The number of nitrogens with zero attached hydrogens (tertiary/aromatic N) is 2. The number of hydrogen-bond donors (Lipinski definition) is 1. The van der Waals surface area contributed by atoms with Crippen LogP contribution >= 0.6 is 22.9 Å². The van der Waals surface area contributed by atoms with Crippen LogP contribution in [0.1, 0.15) is 36.2 Å². The quantitative estimate of drug-likeness (QED) is 0.910. The molecular weight excluding hydrogens is 266 g/mol. The average Bonchev–Trinajstić information content (AvgIpc) is 2.98. The number of aryl methyl sites for hydroxylation is 2. The Hall–Kier alpha value is -0.840. The fraction of sp³-hybridized carbons (Fsp3) is 0.462. The highest BCUT2D eigenvalue weighted by Gasteiger charge is 2.21. The Labute approximate surface area is 117 Å². The lowest BCUT2D eigenvalue weighted by Gasteiger charge is -2.16. The number of hydrogen-bond acceptors (Lipinski definition) is 3. The van der Waals surface area contributed by atoms with Gasteiger partial charge in [-0.05, 0) is 37.9 Å². The largest absolute Gasteiger partial charge is 0.307 e. The molecule has 0 aliphatic rings. The molecule has 1 N–H and O–H groups in total. The second-order valence-electron chi connectivity index (χ2n) is 4.08. The molecule has 0 aromatic carbocycles. The SMILES string of the molecule is CCc1cc(C(NC)c2sccc2Cl)n(CC)n1. The standard InChI is InChI=1S/C13H18ClN3S/c1-4-9-8-11(17(5-2)16-9)12(15-3)13-10(14)6-7-18-13/h6-8,12,15H,4-5H2,1-3H3. The van der Waals surface area contributed by atoms with Gasteiger partial charge in [-0.15, -0.1) is 11.3 Å². The first-order valence-corrected chi connectivity index (χ1v) is 7.43. The molecule has 3 nitrogen and oxygen atoms in total. The van der Waals surface area contributed by atoms with E-state index in [2.05, 4.69) is 35.0 Å². The molecule has 0 spiro atoms. The Bertz CT molecular complexity index is 518. The fourth-order valence-electron chi connectivity index (χ4n) is 2.07. The lowest BCUT2D eigenvalue weighted by molar-refractivity contribution is 0.564. The van der Waals surface area contributed by atoms with Gasteiger partial charge in [0.05, 0.1) is 22.5 Å². The monoisotopic (exact) mass is 283 g/mol. The maximum Gasteiger partial charge on any atom is 0.0854 e. The third-order valence-electron chi connectivity index (χ3n) is 3.01. The molecule has 2 heterocycles. The van der Waals surface area contributed by atoms with Crippen LogP contribution in [-0.2, 0) is 13.0 Å². The Morgan fingerprint density at radius 3 is 2.78 bits per heavy atom. The molecule has 0 aliphatic carbocycles. The van der Waals surface area contributed by atoms with Gasteiger partial charge in [0, 0.05) is 11.4 Å². The molecule has 2 rings (SSSR count). The molecule has 98 valence electrons. The highest BCUT2D eigenvalue weighted by molar-refractivity contribution is 7.10. The van der Waals surface area contributed by atoms with Crippen molar-refractivity contribution in [2.24, 2.45) is 0 Å². The van der Waals surface area contributed by atoms with E-state index in [0.717, 1.165) is 28.6 Å². The van der Waals surface area contributed by atoms with Crippen LogP contribution in [0.15, 0.2) is 17.5 Å². The number of aromatic nitrogens is 2. The summed E-state index contributed by atoms with van der Waals surface area (Å²) >= 11 is 7.92. The Kier molecular flexibility index (Phi) is 4.43. The van der Waals surface area contributed by atoms with Gasteiger partial charge in [0.2, 0.25) is 0 Å². The van der Waals surface area contributed by atoms with Crippen LogP contribution < -0.4 is 5.32 Å². The van der Waals surface area contributed by atoms with Gasteiger partial charge in [0.25, 0.3) is 0 Å². The molecule has 5 heteroatoms. The van der Waals surface area contributed by atoms with Crippen molar-refractivity contribution in [1.29, 1.82) is 0 Å². The normalized spacial score (nSPS) is 12.9. The van der Waals surface area contributed by atoms with Gasteiger partial charge in [0.1, 0.15) is 0 Å². The van der Waals surface area contributed by atoms with Gasteiger partial charge in [-0.1, -0.05) is 18.5 Å². The fourth-order valence-corrected chi connectivity index (χ4v) is 3.36. The molecule has 0 saturated carbocycles. The minimum absolute atomic E-state index is 0.116. The van der Waals surface area contributed by atoms with Gasteiger partial charge in [-0.3, -0.25) is 4.68 Å². The summed E-state index contributed by atoms with van der Waals surface area (Å²) in [7, 11) is 1.96. The van der Waals surface area contributed by atoms with Crippen molar-refractivity contribution in [3.05, 3.63) is 38.8 Å². The third kappa shape index (κ3) is 2.46. The average molecular weight is 284 g/mol. The molecule has 0 amide bonds. The predicted octanol–water partition coefficient (Wildman–Crippen LogP) is 3.49. The second-order valence-corrected chi connectivity index (χ2v) is 5.44. The van der Waals surface area contributed by atoms with Crippen LogP contribution in [-0.4, -0.2) is 16.8 Å². The van der Waals surface area contributed by atoms with Crippen molar-refractivity contribution < 1.29 is 0 Å². The zero-order chi connectivity index (χ0) is 13.1. The summed E-state index contributed by atoms with van der Waals surface area (Å²) < 4.78 is 2.05. The van der Waals surface area contributed by atoms with Crippen molar-refractivity contribution in [2.75, 3.05) is 7.05 Å². The van der Waals surface area contributed by atoms with Gasteiger partial charge in [-0.2, -0.15) is 5.10 Å². The molecular formula is C13H18ClN3S. The molecule has 0 bridgehead atoms. The molecule has 18 heavy (non-hydrogen) atoms. The van der Waals surface area contributed by atoms with E-state index in [4.69, 9.17) is 11.6 Å². The predicted molar refractivity (Wildman–Crippen MR) is 77.5 cm³/mol. The Morgan fingerprint density at radius 2 is 2.28 bits per heavy atom. The summed E-state index contributed by atoms with van der Waals surface area (Å²) in [6.45, 7) is 5.10. The first-order valence-electron chi connectivity index (χ1n) is 6.18. The molecule has 1 atom stereocenters. The van der Waals surface area contributed by atoms with Crippen LogP contribution in [0.4, 0.5) is 0 Å². The zero-order valence-corrected chi connectivity index (χ0v) is 12.5. The minimum atomic E-state index is 0.116. The first kappa shape index (κ1) is 13.6. The number of thiophene rings is 1. The van der Waals surface area contributed by atoms with Crippen LogP contribution in [0.2, 0.25) is 5.02 Å². The van der Waals surface area contributed by atoms with E-state index in [1.807, 2.05) is 18.5 Å². The van der Waals surface area contributed by atoms with Crippen LogP contribution in [0.3, 0.4) is 0 Å². The van der Waals surface area contributed by atoms with Crippen molar-refractivity contribution in [2.45, 2.75) is 32.9 Å². The third-order valence-corrected chi connectivity index (χ3v) is 4.44. The van der Waals surface area contributed by atoms with E-state index in [1.54, 1.807) is 11.3 Å². The van der Waals surface area contributed by atoms with Crippen molar-refractivity contribution in [3.63, 3.8) is 0 Å². The van der Waals surface area contributed by atoms with Gasteiger partial charge in [0.15, 0.2) is 0 Å². The Balaban J connectivity index is 2.44. The smallest absolute Gasteiger partial charge is 0.0854 e. The van der Waals surface area contributed by atoms with Crippen LogP contribution in [0.5, 0.6) is 0 Å². The minimum Gasteiger partial charge on any atom is -0.307 e. The van der Waals surface area contributed by atoms with Crippen molar-refractivity contribution >= 4 is 22.9 Å². The van der Waals surface area contributed by atoms with Crippen molar-refractivity contribution in [3.8, 4) is 0 Å². The molecule has 0 radical (unpaired) electrons. The van der Waals surface area contributed by atoms with E-state index in [1.165, 1.54) is 5.69 Å². The molecule has 0 saturated heterocycles. The van der Waals surface area contributed by atoms with E-state index >= 15 is 0 Å². The summed E-state index contributed by atoms with van der Waals surface area (Å²) in [5, 5.41) is 10.8. The molecule has 0 aliphatic heterocycles. The summed E-state index contributed by atoms with van der Waals surface area (Å²) in [4.78, 5) is 1.15. The topological polar surface area (TPSA) is 29.9 Å². The zero-order valence-electron chi connectivity index (χ0n) is 10.9. The van der Waals surface area contributed by atoms with E-state index in [-0.39, 0.29) is 6.04 Å². The highest BCUT2D eigenvalue weighted by atomic mass is 35.5. The molecule has 1 unspecified atom stereocenters. The van der Waals surface area contributed by atoms with Crippen LogP contribution in [0, 0.1) is 0 Å². The van der Waals surface area contributed by atoms with Gasteiger partial charge in [-0.25, -0.2) is 0 Å². The summed E-state index contributed by atoms with van der Waals surface area (Å²) in [6, 6.07) is 4.23. The maximum atomic E-state index is 6.24. The van der Waals surface area contributed by atoms with Gasteiger partial charge < -0.3 is 5.32 Å². The molecule has 0 fully saturated rings. The first-order chi connectivity index (χ1) is 8.71. The number of rotatable bonds is 5. The van der Waals surface area contributed by atoms with E-state index in [9.17, 15) is 0 Å². The van der Waals surface area contributed by atoms with Gasteiger partial charge >= 0.3 is 0 Å². The van der Waals surface area contributed by atoms with E-state index in [0.29, 0.717) is 0 Å².